The van der Waals surface area contributed by atoms with E-state index in [-0.39, 0.29) is 0 Å². The molecule has 124 valence electrons. The monoisotopic (exact) mass is 314 g/mol. The molecule has 3 aliphatic rings. The van der Waals surface area contributed by atoms with Gasteiger partial charge in [0.05, 0.1) is 19.1 Å². The van der Waals surface area contributed by atoms with Crippen LogP contribution in [0.25, 0.3) is 0 Å². The molecule has 0 radical (unpaired) electrons. The van der Waals surface area contributed by atoms with Gasteiger partial charge in [0.1, 0.15) is 18.8 Å². The molecule has 0 amide bonds. The number of hydrogen-bond acceptors (Lipinski definition) is 2. The summed E-state index contributed by atoms with van der Waals surface area (Å²) in [6, 6.07) is 8.73. The van der Waals surface area contributed by atoms with E-state index < -0.39 is 0 Å². The molecule has 4 atom stereocenters. The van der Waals surface area contributed by atoms with Crippen molar-refractivity contribution in [2.75, 3.05) is 27.3 Å². The van der Waals surface area contributed by atoms with Gasteiger partial charge in [0.2, 0.25) is 0 Å². The van der Waals surface area contributed by atoms with Crippen molar-refractivity contribution in [3.63, 3.8) is 0 Å². The van der Waals surface area contributed by atoms with Gasteiger partial charge >= 0.3 is 0 Å². The summed E-state index contributed by atoms with van der Waals surface area (Å²) in [4.78, 5) is 0. The minimum Gasteiger partial charge on any atom is -0.497 e. The van der Waals surface area contributed by atoms with Crippen molar-refractivity contribution in [2.45, 2.75) is 44.1 Å². The fourth-order valence-electron chi connectivity index (χ4n) is 5.22. The predicted octanol–water partition coefficient (Wildman–Crippen LogP) is 3.47. The number of methoxy groups -OCH3 is 2. The minimum absolute atomic E-state index is 0.386. The van der Waals surface area contributed by atoms with Crippen LogP contribution < -0.4 is 4.74 Å². The molecule has 3 fully saturated rings. The van der Waals surface area contributed by atoms with Crippen molar-refractivity contribution in [1.82, 2.24) is 0 Å². The number of rotatable bonds is 3. The zero-order valence-electron chi connectivity index (χ0n) is 14.3. The Morgan fingerprint density at radius 1 is 0.913 bits per heavy atom. The average Bonchev–Trinajstić information content (AvgIpc) is 3.22. The molecule has 3 nitrogen and oxygen atoms in total. The largest absolute Gasteiger partial charge is 0.497 e. The van der Waals surface area contributed by atoms with Crippen LogP contribution in [0.15, 0.2) is 24.3 Å². The lowest BCUT2D eigenvalue weighted by atomic mass is 9.73. The summed E-state index contributed by atoms with van der Waals surface area (Å²) in [5.74, 6) is 2.93. The molecule has 1 heterocycles. The van der Waals surface area contributed by atoms with Crippen LogP contribution in [0.3, 0.4) is 0 Å². The van der Waals surface area contributed by atoms with Crippen LogP contribution in [0.2, 0.25) is 0 Å². The van der Waals surface area contributed by atoms with Gasteiger partial charge in [-0.25, -0.2) is 4.58 Å². The first-order valence-electron chi connectivity index (χ1n) is 9.10. The van der Waals surface area contributed by atoms with E-state index in [4.69, 9.17) is 9.47 Å². The Morgan fingerprint density at radius 2 is 1.61 bits per heavy atom. The zero-order chi connectivity index (χ0) is 15.8. The first-order valence-corrected chi connectivity index (χ1v) is 9.10. The molecule has 23 heavy (non-hydrogen) atoms. The first kappa shape index (κ1) is 15.2. The second-order valence-electron chi connectivity index (χ2n) is 7.30. The molecular formula is C20H28NO2+. The predicted molar refractivity (Wildman–Crippen MR) is 91.6 cm³/mol. The molecular weight excluding hydrogens is 286 g/mol. The second-order valence-corrected chi connectivity index (χ2v) is 7.30. The third-order valence-corrected chi connectivity index (χ3v) is 6.29. The maximum atomic E-state index is 5.94. The van der Waals surface area contributed by atoms with Crippen LogP contribution in [0, 0.1) is 11.8 Å². The van der Waals surface area contributed by atoms with Crippen molar-refractivity contribution in [1.29, 1.82) is 0 Å². The number of benzene rings is 1. The molecule has 3 heteroatoms. The quantitative estimate of drug-likeness (QED) is 0.797. The second kappa shape index (κ2) is 6.27. The Hall–Kier alpha value is -1.35. The van der Waals surface area contributed by atoms with E-state index in [9.17, 15) is 0 Å². The van der Waals surface area contributed by atoms with E-state index in [1.54, 1.807) is 12.8 Å². The van der Waals surface area contributed by atoms with Gasteiger partial charge in [0.15, 0.2) is 5.71 Å². The van der Waals surface area contributed by atoms with Gasteiger partial charge in [0, 0.05) is 25.9 Å². The van der Waals surface area contributed by atoms with Crippen molar-refractivity contribution in [3.05, 3.63) is 29.8 Å². The van der Waals surface area contributed by atoms with E-state index in [2.05, 4.69) is 28.8 Å². The van der Waals surface area contributed by atoms with Gasteiger partial charge in [-0.15, -0.1) is 0 Å². The Labute approximate surface area is 139 Å². The van der Waals surface area contributed by atoms with Crippen molar-refractivity contribution < 1.29 is 14.0 Å². The zero-order valence-corrected chi connectivity index (χ0v) is 14.3. The molecule has 4 rings (SSSR count). The number of hydrogen-bond donors (Lipinski definition) is 0. The van der Waals surface area contributed by atoms with Crippen molar-refractivity contribution in [3.8, 4) is 5.75 Å². The summed E-state index contributed by atoms with van der Waals surface area (Å²) in [6.07, 6.45) is 6.89. The maximum absolute atomic E-state index is 5.94. The van der Waals surface area contributed by atoms with Crippen LogP contribution in [0.5, 0.6) is 5.75 Å². The van der Waals surface area contributed by atoms with Crippen LogP contribution in [0.1, 0.15) is 43.6 Å². The molecule has 2 bridgehead atoms. The van der Waals surface area contributed by atoms with Crippen molar-refractivity contribution in [2.24, 2.45) is 11.8 Å². The highest BCUT2D eigenvalue weighted by Gasteiger charge is 2.52. The summed E-state index contributed by atoms with van der Waals surface area (Å²) < 4.78 is 14.0. The molecule has 1 aromatic rings. The van der Waals surface area contributed by atoms with Crippen molar-refractivity contribution >= 4 is 5.71 Å². The lowest BCUT2D eigenvalue weighted by molar-refractivity contribution is -0.511. The molecule has 2 saturated carbocycles. The normalized spacial score (nSPS) is 33.3. The molecule has 2 aliphatic carbocycles. The molecule has 1 aromatic carbocycles. The van der Waals surface area contributed by atoms with Crippen LogP contribution in [0.4, 0.5) is 0 Å². The van der Waals surface area contributed by atoms with E-state index in [0.29, 0.717) is 17.9 Å². The highest BCUT2D eigenvalue weighted by molar-refractivity contribution is 5.89. The molecule has 0 spiro atoms. The topological polar surface area (TPSA) is 21.5 Å². The first-order chi connectivity index (χ1) is 11.3. The molecule has 1 aliphatic heterocycles. The Bertz CT molecular complexity index is 584. The van der Waals surface area contributed by atoms with Gasteiger partial charge in [-0.05, 0) is 42.9 Å². The molecule has 0 unspecified atom stereocenters. The van der Waals surface area contributed by atoms with Gasteiger partial charge in [-0.3, -0.25) is 0 Å². The molecule has 1 saturated heterocycles. The molecule has 0 N–H and O–H groups in total. The Balaban J connectivity index is 1.70. The summed E-state index contributed by atoms with van der Waals surface area (Å²) in [5, 5.41) is 0. The third kappa shape index (κ3) is 2.59. The van der Waals surface area contributed by atoms with E-state index >= 15 is 0 Å². The number of ether oxygens (including phenoxy) is 2. The van der Waals surface area contributed by atoms with E-state index in [0.717, 1.165) is 18.1 Å². The van der Waals surface area contributed by atoms with Gasteiger partial charge in [-0.2, -0.15) is 0 Å². The lowest BCUT2D eigenvalue weighted by Gasteiger charge is -2.34. The summed E-state index contributed by atoms with van der Waals surface area (Å²) in [7, 11) is 3.63. The number of nitrogens with zero attached hydrogens (tertiary/aromatic N) is 1. The lowest BCUT2D eigenvalue weighted by Crippen LogP contribution is -2.42. The number of fused-ring (bicyclic) bond motifs is 2. The summed E-state index contributed by atoms with van der Waals surface area (Å²) in [6.45, 7) is 2.52. The smallest absolute Gasteiger partial charge is 0.161 e. The standard InChI is InChI=1S/C20H28NO2/c1-22-15-7-5-14(6-8-15)18-13-19(23-2)17-10-9-16(18)20(17)21-11-3-4-12-21/h5-8,16-19H,3-4,9-13H2,1-2H3/q+1/t16-,17+,18+,19-/m0/s1. The molecule has 0 aromatic heterocycles. The van der Waals surface area contributed by atoms with Crippen LogP contribution in [-0.2, 0) is 4.74 Å². The van der Waals surface area contributed by atoms with Gasteiger partial charge < -0.3 is 9.47 Å². The van der Waals surface area contributed by atoms with Crippen LogP contribution >= 0.6 is 0 Å². The van der Waals surface area contributed by atoms with E-state index in [1.165, 1.54) is 44.3 Å². The minimum atomic E-state index is 0.386. The van der Waals surface area contributed by atoms with Crippen LogP contribution in [-0.4, -0.2) is 43.7 Å². The van der Waals surface area contributed by atoms with Gasteiger partial charge in [-0.1, -0.05) is 12.1 Å². The Kier molecular flexibility index (Phi) is 4.14. The third-order valence-electron chi connectivity index (χ3n) is 6.29. The maximum Gasteiger partial charge on any atom is 0.161 e. The summed E-state index contributed by atoms with van der Waals surface area (Å²) >= 11 is 0. The Morgan fingerprint density at radius 3 is 2.26 bits per heavy atom. The summed E-state index contributed by atoms with van der Waals surface area (Å²) in [5.41, 5.74) is 3.18. The highest BCUT2D eigenvalue weighted by atomic mass is 16.5. The average molecular weight is 314 g/mol. The van der Waals surface area contributed by atoms with E-state index in [1.807, 2.05) is 7.11 Å². The SMILES string of the molecule is COc1ccc([C@H]2C[C@H](OC)[C@H]3CC[C@@H]2C3=[N+]2CCCC2)cc1. The fraction of sp³-hybridized carbons (Fsp3) is 0.650. The fourth-order valence-corrected chi connectivity index (χ4v) is 5.22. The van der Waals surface area contributed by atoms with Gasteiger partial charge in [0.25, 0.3) is 0 Å². The highest BCUT2D eigenvalue weighted by Crippen LogP contribution is 2.49.